The number of rotatable bonds is 4. The summed E-state index contributed by atoms with van der Waals surface area (Å²) in [4.78, 5) is 14.2. The third-order valence-electron chi connectivity index (χ3n) is 4.69. The topological polar surface area (TPSA) is 77.7 Å². The van der Waals surface area contributed by atoms with Crippen LogP contribution >= 0.6 is 0 Å². The maximum atomic E-state index is 12.4. The van der Waals surface area contributed by atoms with Gasteiger partial charge >= 0.3 is 0 Å². The maximum Gasteiger partial charge on any atom is 0.248 e. The van der Waals surface area contributed by atoms with Gasteiger partial charge in [0.25, 0.3) is 0 Å². The minimum Gasteiger partial charge on any atom is -0.423 e. The van der Waals surface area contributed by atoms with Crippen molar-refractivity contribution < 1.29 is 18.7 Å². The molecule has 1 aromatic heterocycles. The van der Waals surface area contributed by atoms with E-state index in [1.165, 1.54) is 19.3 Å². The molecular formula is C16H25N3O4. The molecule has 0 bridgehead atoms. The van der Waals surface area contributed by atoms with Crippen LogP contribution in [-0.4, -0.2) is 53.4 Å². The van der Waals surface area contributed by atoms with Crippen molar-refractivity contribution in [3.63, 3.8) is 0 Å². The van der Waals surface area contributed by atoms with E-state index in [0.29, 0.717) is 37.4 Å². The highest BCUT2D eigenvalue weighted by atomic mass is 16.5. The van der Waals surface area contributed by atoms with Crippen LogP contribution in [0.3, 0.4) is 0 Å². The Hall–Kier alpha value is -1.47. The molecule has 0 N–H and O–H groups in total. The maximum absolute atomic E-state index is 12.4. The normalized spacial score (nSPS) is 28.8. The van der Waals surface area contributed by atoms with Crippen LogP contribution < -0.4 is 0 Å². The Morgan fingerprint density at radius 3 is 2.91 bits per heavy atom. The summed E-state index contributed by atoms with van der Waals surface area (Å²) in [7, 11) is 0. The molecule has 1 aromatic rings. The van der Waals surface area contributed by atoms with Crippen LogP contribution in [-0.2, 0) is 14.3 Å². The van der Waals surface area contributed by atoms with Gasteiger partial charge in [-0.25, -0.2) is 0 Å². The second-order valence-corrected chi connectivity index (χ2v) is 6.47. The highest BCUT2D eigenvalue weighted by Gasteiger charge is 2.30. The van der Waals surface area contributed by atoms with E-state index >= 15 is 0 Å². The zero-order chi connectivity index (χ0) is 16.2. The number of ether oxygens (including phenoxy) is 2. The van der Waals surface area contributed by atoms with Gasteiger partial charge in [-0.3, -0.25) is 4.79 Å². The Balaban J connectivity index is 1.50. The molecule has 1 saturated carbocycles. The fourth-order valence-electron chi connectivity index (χ4n) is 3.27. The van der Waals surface area contributed by atoms with Gasteiger partial charge in [-0.15, -0.1) is 10.2 Å². The summed E-state index contributed by atoms with van der Waals surface area (Å²) in [6.07, 6.45) is 4.57. The van der Waals surface area contributed by atoms with Crippen LogP contribution in [0.25, 0.3) is 0 Å². The number of amides is 1. The quantitative estimate of drug-likeness (QED) is 0.842. The van der Waals surface area contributed by atoms with E-state index in [-0.39, 0.29) is 24.7 Å². The first-order chi connectivity index (χ1) is 11.1. The standard InChI is InChI=1S/C16H25N3O4/c1-11-5-3-4-6-13(11)22-10-15(20)19-7-8-21-14(9-19)16-18-17-12(2)23-16/h11,13-14H,3-10H2,1-2H3/t11-,13-,14+/m1/s1. The molecule has 0 spiro atoms. The van der Waals surface area contributed by atoms with Crippen molar-refractivity contribution in [3.05, 3.63) is 11.8 Å². The second kappa shape index (κ2) is 7.40. The minimum atomic E-state index is -0.345. The number of aromatic nitrogens is 2. The monoisotopic (exact) mass is 323 g/mol. The lowest BCUT2D eigenvalue weighted by Crippen LogP contribution is -2.44. The largest absolute Gasteiger partial charge is 0.423 e. The highest BCUT2D eigenvalue weighted by molar-refractivity contribution is 5.77. The lowest BCUT2D eigenvalue weighted by molar-refractivity contribution is -0.148. The smallest absolute Gasteiger partial charge is 0.248 e. The van der Waals surface area contributed by atoms with Gasteiger partial charge in [-0.05, 0) is 18.8 Å². The summed E-state index contributed by atoms with van der Waals surface area (Å²) in [5, 5.41) is 7.79. The lowest BCUT2D eigenvalue weighted by Gasteiger charge is -2.33. The van der Waals surface area contributed by atoms with Crippen LogP contribution in [0.15, 0.2) is 4.42 Å². The first-order valence-corrected chi connectivity index (χ1v) is 8.44. The number of aryl methyl sites for hydroxylation is 1. The molecule has 2 fully saturated rings. The fraction of sp³-hybridized carbons (Fsp3) is 0.812. The van der Waals surface area contributed by atoms with Gasteiger partial charge in [-0.2, -0.15) is 0 Å². The molecule has 0 aromatic carbocycles. The van der Waals surface area contributed by atoms with E-state index in [4.69, 9.17) is 13.9 Å². The van der Waals surface area contributed by atoms with Gasteiger partial charge < -0.3 is 18.8 Å². The molecule has 2 aliphatic rings. The highest BCUT2D eigenvalue weighted by Crippen LogP contribution is 2.26. The van der Waals surface area contributed by atoms with E-state index in [2.05, 4.69) is 17.1 Å². The van der Waals surface area contributed by atoms with Crippen molar-refractivity contribution in [2.24, 2.45) is 5.92 Å². The number of carbonyl (C=O) groups excluding carboxylic acids is 1. The van der Waals surface area contributed by atoms with Crippen LogP contribution in [0, 0.1) is 12.8 Å². The molecule has 7 heteroatoms. The van der Waals surface area contributed by atoms with Crippen molar-refractivity contribution in [2.45, 2.75) is 51.7 Å². The summed E-state index contributed by atoms with van der Waals surface area (Å²) in [6.45, 7) is 5.57. The molecule has 3 rings (SSSR count). The fourth-order valence-corrected chi connectivity index (χ4v) is 3.27. The van der Waals surface area contributed by atoms with E-state index in [0.717, 1.165) is 6.42 Å². The average molecular weight is 323 g/mol. The molecule has 1 amide bonds. The molecule has 128 valence electrons. The van der Waals surface area contributed by atoms with Gasteiger partial charge in [0.15, 0.2) is 6.10 Å². The van der Waals surface area contributed by atoms with E-state index in [9.17, 15) is 4.79 Å². The molecule has 7 nitrogen and oxygen atoms in total. The van der Waals surface area contributed by atoms with Gasteiger partial charge in [0.05, 0.1) is 19.3 Å². The summed E-state index contributed by atoms with van der Waals surface area (Å²) in [5.41, 5.74) is 0. The Labute approximate surface area is 136 Å². The SMILES string of the molecule is Cc1nnc([C@@H]2CN(C(=O)CO[C@@H]3CCCC[C@H]3C)CCO2)o1. The third kappa shape index (κ3) is 4.09. The third-order valence-corrected chi connectivity index (χ3v) is 4.69. The zero-order valence-electron chi connectivity index (χ0n) is 13.9. The molecule has 3 atom stereocenters. The Morgan fingerprint density at radius 1 is 1.35 bits per heavy atom. The minimum absolute atomic E-state index is 0.00677. The van der Waals surface area contributed by atoms with Gasteiger partial charge in [0, 0.05) is 13.5 Å². The predicted octanol–water partition coefficient (Wildman–Crippen LogP) is 1.87. The molecule has 1 aliphatic heterocycles. The molecule has 0 radical (unpaired) electrons. The van der Waals surface area contributed by atoms with E-state index < -0.39 is 0 Å². The molecule has 1 saturated heterocycles. The number of hydrogen-bond donors (Lipinski definition) is 0. The Morgan fingerprint density at radius 2 is 2.17 bits per heavy atom. The van der Waals surface area contributed by atoms with Crippen LogP contribution in [0.2, 0.25) is 0 Å². The first kappa shape index (κ1) is 16.4. The average Bonchev–Trinajstić information content (AvgIpc) is 3.00. The summed E-state index contributed by atoms with van der Waals surface area (Å²) in [6, 6.07) is 0. The van der Waals surface area contributed by atoms with E-state index in [1.54, 1.807) is 11.8 Å². The number of morpholine rings is 1. The van der Waals surface area contributed by atoms with Gasteiger partial charge in [0.1, 0.15) is 6.61 Å². The van der Waals surface area contributed by atoms with Crippen molar-refractivity contribution in [1.29, 1.82) is 0 Å². The lowest BCUT2D eigenvalue weighted by atomic mass is 9.88. The number of hydrogen-bond acceptors (Lipinski definition) is 6. The second-order valence-electron chi connectivity index (χ2n) is 6.47. The van der Waals surface area contributed by atoms with Crippen LogP contribution in [0.1, 0.15) is 50.5 Å². The Kier molecular flexibility index (Phi) is 5.27. The van der Waals surface area contributed by atoms with Gasteiger partial charge in [-0.1, -0.05) is 19.8 Å². The number of carbonyl (C=O) groups is 1. The van der Waals surface area contributed by atoms with Crippen LogP contribution in [0.4, 0.5) is 0 Å². The summed E-state index contributed by atoms with van der Waals surface area (Å²) in [5.74, 6) is 1.48. The summed E-state index contributed by atoms with van der Waals surface area (Å²) < 4.78 is 16.9. The molecular weight excluding hydrogens is 298 g/mol. The van der Waals surface area contributed by atoms with Crippen molar-refractivity contribution in [2.75, 3.05) is 26.3 Å². The molecule has 2 heterocycles. The van der Waals surface area contributed by atoms with Crippen molar-refractivity contribution in [1.82, 2.24) is 15.1 Å². The Bertz CT molecular complexity index is 533. The van der Waals surface area contributed by atoms with E-state index in [1.807, 2.05) is 0 Å². The molecule has 1 aliphatic carbocycles. The van der Waals surface area contributed by atoms with Crippen molar-refractivity contribution in [3.8, 4) is 0 Å². The van der Waals surface area contributed by atoms with Crippen molar-refractivity contribution >= 4 is 5.91 Å². The summed E-state index contributed by atoms with van der Waals surface area (Å²) >= 11 is 0. The van der Waals surface area contributed by atoms with Crippen LogP contribution in [0.5, 0.6) is 0 Å². The van der Waals surface area contributed by atoms with Gasteiger partial charge in [0.2, 0.25) is 17.7 Å². The molecule has 0 unspecified atom stereocenters. The first-order valence-electron chi connectivity index (χ1n) is 8.44. The molecule has 23 heavy (non-hydrogen) atoms. The zero-order valence-corrected chi connectivity index (χ0v) is 13.9. The number of nitrogens with zero attached hydrogens (tertiary/aromatic N) is 3. The predicted molar refractivity (Wildman–Crippen MR) is 81.7 cm³/mol.